The highest BCUT2D eigenvalue weighted by Crippen LogP contribution is 2.31. The molecule has 0 aliphatic rings. The molecule has 0 fully saturated rings. The lowest BCUT2D eigenvalue weighted by Gasteiger charge is -2.19. The summed E-state index contributed by atoms with van der Waals surface area (Å²) in [6.45, 7) is 11.9. The van der Waals surface area contributed by atoms with E-state index in [-0.39, 0.29) is 17.0 Å². The predicted octanol–water partition coefficient (Wildman–Crippen LogP) is 5.81. The number of hydrogen-bond donors (Lipinski definition) is 0. The van der Waals surface area contributed by atoms with Gasteiger partial charge in [0.25, 0.3) is 6.43 Å². The van der Waals surface area contributed by atoms with E-state index in [0.717, 1.165) is 5.56 Å². The average molecular weight is 318 g/mol. The van der Waals surface area contributed by atoms with Crippen molar-refractivity contribution in [3.05, 3.63) is 46.8 Å². The minimum atomic E-state index is -2.60. The van der Waals surface area contributed by atoms with Crippen LogP contribution in [0.1, 0.15) is 69.5 Å². The molecule has 1 heterocycles. The standard InChI is InChI=1S/C19H24F2N2/c1-11(2)15-12(3)22-18(23-16(15)17(20)21)13-7-9-14(10-8-13)19(4,5)6/h7-11,17H,1-6H3. The van der Waals surface area contributed by atoms with Crippen LogP contribution in [0.2, 0.25) is 0 Å². The van der Waals surface area contributed by atoms with Crippen molar-refractivity contribution in [1.29, 1.82) is 0 Å². The second-order valence-electron chi connectivity index (χ2n) is 7.21. The minimum Gasteiger partial charge on any atom is -0.233 e. The summed E-state index contributed by atoms with van der Waals surface area (Å²) in [6, 6.07) is 7.82. The van der Waals surface area contributed by atoms with E-state index in [2.05, 4.69) is 30.7 Å². The first-order chi connectivity index (χ1) is 10.6. The zero-order valence-corrected chi connectivity index (χ0v) is 14.6. The van der Waals surface area contributed by atoms with Crippen LogP contribution in [0.3, 0.4) is 0 Å². The first kappa shape index (κ1) is 17.5. The van der Waals surface area contributed by atoms with Crippen molar-refractivity contribution in [3.63, 3.8) is 0 Å². The van der Waals surface area contributed by atoms with Crippen LogP contribution in [0.15, 0.2) is 24.3 Å². The summed E-state index contributed by atoms with van der Waals surface area (Å²) in [5, 5.41) is 0. The van der Waals surface area contributed by atoms with Crippen molar-refractivity contribution in [2.45, 2.75) is 59.3 Å². The molecular formula is C19H24F2N2. The first-order valence-electron chi connectivity index (χ1n) is 7.88. The van der Waals surface area contributed by atoms with Gasteiger partial charge in [0.1, 0.15) is 5.69 Å². The minimum absolute atomic E-state index is 0.0312. The van der Waals surface area contributed by atoms with E-state index in [4.69, 9.17) is 0 Å². The summed E-state index contributed by atoms with van der Waals surface area (Å²) in [5.74, 6) is 0.332. The Hall–Kier alpha value is -1.84. The summed E-state index contributed by atoms with van der Waals surface area (Å²) in [5.41, 5.74) is 3.02. The Morgan fingerprint density at radius 3 is 1.96 bits per heavy atom. The molecule has 2 rings (SSSR count). The zero-order chi connectivity index (χ0) is 17.4. The number of hydrogen-bond acceptors (Lipinski definition) is 2. The van der Waals surface area contributed by atoms with Gasteiger partial charge in [-0.05, 0) is 23.8 Å². The van der Waals surface area contributed by atoms with Gasteiger partial charge in [0.05, 0.1) is 0 Å². The normalized spacial score (nSPS) is 12.3. The Kier molecular flexibility index (Phi) is 4.83. The Labute approximate surface area is 137 Å². The van der Waals surface area contributed by atoms with Gasteiger partial charge < -0.3 is 0 Å². The molecule has 2 nitrogen and oxygen atoms in total. The molecule has 1 aromatic heterocycles. The summed E-state index contributed by atoms with van der Waals surface area (Å²) in [4.78, 5) is 8.61. The van der Waals surface area contributed by atoms with Crippen molar-refractivity contribution in [2.24, 2.45) is 0 Å². The highest BCUT2D eigenvalue weighted by atomic mass is 19.3. The number of alkyl halides is 2. The fraction of sp³-hybridized carbons (Fsp3) is 0.474. The number of halogens is 2. The van der Waals surface area contributed by atoms with Crippen LogP contribution in [0.25, 0.3) is 11.4 Å². The van der Waals surface area contributed by atoms with Gasteiger partial charge in [-0.2, -0.15) is 0 Å². The van der Waals surface area contributed by atoms with E-state index < -0.39 is 6.43 Å². The molecule has 0 aliphatic heterocycles. The van der Waals surface area contributed by atoms with Crippen molar-refractivity contribution in [1.82, 2.24) is 9.97 Å². The topological polar surface area (TPSA) is 25.8 Å². The first-order valence-corrected chi connectivity index (χ1v) is 7.88. The van der Waals surface area contributed by atoms with Crippen LogP contribution in [-0.4, -0.2) is 9.97 Å². The summed E-state index contributed by atoms with van der Waals surface area (Å²) in [7, 11) is 0. The highest BCUT2D eigenvalue weighted by molar-refractivity contribution is 5.57. The van der Waals surface area contributed by atoms with Crippen LogP contribution in [-0.2, 0) is 5.41 Å². The summed E-state index contributed by atoms with van der Waals surface area (Å²) in [6.07, 6.45) is -2.60. The molecule has 0 N–H and O–H groups in total. The van der Waals surface area contributed by atoms with Gasteiger partial charge in [-0.15, -0.1) is 0 Å². The third-order valence-corrected chi connectivity index (χ3v) is 3.96. The molecule has 0 saturated heterocycles. The number of benzene rings is 1. The van der Waals surface area contributed by atoms with Gasteiger partial charge in [-0.3, -0.25) is 0 Å². The molecule has 0 radical (unpaired) electrons. The lowest BCUT2D eigenvalue weighted by Crippen LogP contribution is -2.11. The van der Waals surface area contributed by atoms with E-state index in [1.807, 2.05) is 38.1 Å². The van der Waals surface area contributed by atoms with Crippen LogP contribution < -0.4 is 0 Å². The van der Waals surface area contributed by atoms with Gasteiger partial charge in [0, 0.05) is 16.8 Å². The van der Waals surface area contributed by atoms with Crippen molar-refractivity contribution >= 4 is 0 Å². The molecule has 0 amide bonds. The van der Waals surface area contributed by atoms with Crippen LogP contribution in [0, 0.1) is 6.92 Å². The summed E-state index contributed by atoms with van der Waals surface area (Å²) < 4.78 is 26.8. The maximum absolute atomic E-state index is 13.4. The SMILES string of the molecule is Cc1nc(-c2ccc(C(C)(C)C)cc2)nc(C(F)F)c1C(C)C. The van der Waals surface area contributed by atoms with Gasteiger partial charge in [0.15, 0.2) is 5.82 Å². The molecule has 1 aromatic carbocycles. The summed E-state index contributed by atoms with van der Waals surface area (Å²) >= 11 is 0. The Morgan fingerprint density at radius 2 is 1.52 bits per heavy atom. The largest absolute Gasteiger partial charge is 0.280 e. The molecule has 4 heteroatoms. The van der Waals surface area contributed by atoms with Gasteiger partial charge in [-0.25, -0.2) is 18.7 Å². The van der Waals surface area contributed by atoms with E-state index >= 15 is 0 Å². The Bertz CT molecular complexity index is 684. The zero-order valence-electron chi connectivity index (χ0n) is 14.6. The van der Waals surface area contributed by atoms with E-state index in [9.17, 15) is 8.78 Å². The van der Waals surface area contributed by atoms with Gasteiger partial charge in [0.2, 0.25) is 0 Å². The molecule has 0 unspecified atom stereocenters. The molecule has 0 spiro atoms. The lowest BCUT2D eigenvalue weighted by atomic mass is 9.86. The number of rotatable bonds is 3. The number of aryl methyl sites for hydroxylation is 1. The molecule has 0 bridgehead atoms. The van der Waals surface area contributed by atoms with Crippen molar-refractivity contribution in [3.8, 4) is 11.4 Å². The number of aromatic nitrogens is 2. The van der Waals surface area contributed by atoms with Crippen LogP contribution in [0.5, 0.6) is 0 Å². The monoisotopic (exact) mass is 318 g/mol. The fourth-order valence-corrected chi connectivity index (χ4v) is 2.73. The molecule has 0 saturated carbocycles. The van der Waals surface area contributed by atoms with E-state index in [1.165, 1.54) is 5.56 Å². The smallest absolute Gasteiger partial charge is 0.233 e. The Balaban J connectivity index is 2.52. The van der Waals surface area contributed by atoms with E-state index in [0.29, 0.717) is 17.1 Å². The molecular weight excluding hydrogens is 294 g/mol. The van der Waals surface area contributed by atoms with E-state index in [1.54, 1.807) is 6.92 Å². The third-order valence-electron chi connectivity index (χ3n) is 3.96. The molecule has 23 heavy (non-hydrogen) atoms. The average Bonchev–Trinajstić information content (AvgIpc) is 2.45. The van der Waals surface area contributed by atoms with Crippen molar-refractivity contribution in [2.75, 3.05) is 0 Å². The maximum Gasteiger partial charge on any atom is 0.280 e. The molecule has 2 aromatic rings. The third kappa shape index (κ3) is 3.74. The molecule has 0 atom stereocenters. The second-order valence-corrected chi connectivity index (χ2v) is 7.21. The lowest BCUT2D eigenvalue weighted by molar-refractivity contribution is 0.144. The highest BCUT2D eigenvalue weighted by Gasteiger charge is 2.22. The van der Waals surface area contributed by atoms with Crippen LogP contribution in [0.4, 0.5) is 8.78 Å². The molecule has 124 valence electrons. The van der Waals surface area contributed by atoms with Crippen molar-refractivity contribution < 1.29 is 8.78 Å². The van der Waals surface area contributed by atoms with Gasteiger partial charge in [-0.1, -0.05) is 58.9 Å². The maximum atomic E-state index is 13.4. The molecule has 0 aliphatic carbocycles. The van der Waals surface area contributed by atoms with Gasteiger partial charge >= 0.3 is 0 Å². The quantitative estimate of drug-likeness (QED) is 0.713. The predicted molar refractivity (Wildman–Crippen MR) is 90.0 cm³/mol. The number of nitrogens with zero attached hydrogens (tertiary/aromatic N) is 2. The Morgan fingerprint density at radius 1 is 0.957 bits per heavy atom. The fourth-order valence-electron chi connectivity index (χ4n) is 2.73. The van der Waals surface area contributed by atoms with Crippen LogP contribution >= 0.6 is 0 Å². The second kappa shape index (κ2) is 6.34.